The summed E-state index contributed by atoms with van der Waals surface area (Å²) in [6, 6.07) is 16.7. The predicted octanol–water partition coefficient (Wildman–Crippen LogP) is 7.20. The summed E-state index contributed by atoms with van der Waals surface area (Å²) in [4.78, 5) is 39.5. The molecule has 1 amide bonds. The van der Waals surface area contributed by atoms with Crippen molar-refractivity contribution in [2.24, 2.45) is 0 Å². The maximum Gasteiger partial charge on any atom is 0.434 e. The van der Waals surface area contributed by atoms with E-state index in [1.165, 1.54) is 34.6 Å². The molecule has 1 saturated heterocycles. The van der Waals surface area contributed by atoms with Gasteiger partial charge in [-0.25, -0.2) is 19.3 Å². The SMILES string of the molecule is COc1cccc2c1CCC2Nc1nccc2cc(-c3c4c(nc(CCc5ccc(F)cc5)c3-c3n[nH]c(=O)o3)C3(C)CCCN3C4=O)sc12. The molecule has 4 aromatic heterocycles. The summed E-state index contributed by atoms with van der Waals surface area (Å²) in [5.74, 6) is 0.642. The van der Waals surface area contributed by atoms with Crippen LogP contribution in [-0.2, 0) is 24.8 Å². The molecule has 2 atom stereocenters. The molecule has 252 valence electrons. The smallest absolute Gasteiger partial charge is 0.434 e. The number of anilines is 1. The van der Waals surface area contributed by atoms with E-state index in [2.05, 4.69) is 34.6 Å². The normalized spacial score (nSPS) is 19.2. The number of aromatic nitrogens is 4. The topological polar surface area (TPSA) is 126 Å². The molecule has 2 unspecified atom stereocenters. The number of nitrogens with zero attached hydrogens (tertiary/aromatic N) is 4. The summed E-state index contributed by atoms with van der Waals surface area (Å²) in [6.07, 6.45) is 6.30. The number of carbonyl (C=O) groups is 1. The number of rotatable bonds is 8. The molecule has 0 radical (unpaired) electrons. The van der Waals surface area contributed by atoms with E-state index in [1.807, 2.05) is 23.1 Å². The fourth-order valence-electron chi connectivity index (χ4n) is 8.13. The van der Waals surface area contributed by atoms with Crippen LogP contribution in [-0.4, -0.2) is 44.6 Å². The molecule has 1 fully saturated rings. The van der Waals surface area contributed by atoms with Gasteiger partial charge in [-0.05, 0) is 97.9 Å². The summed E-state index contributed by atoms with van der Waals surface area (Å²) in [6.45, 7) is 2.73. The van der Waals surface area contributed by atoms with Crippen molar-refractivity contribution in [2.75, 3.05) is 19.0 Å². The standard InChI is InChI=1S/C38H33FN6O4S/c1-38-16-4-18-45(38)36(46)31-30(29(35-43-44-37(47)49-35)26(41-33(31)38)13-9-20-7-10-22(39)11-8-20)28-19-21-15-17-40-34(32(21)50-28)42-25-14-12-24-23(25)5-3-6-27(24)48-2/h3,5-8,10-11,15,17,19,25H,4,9,12-14,16,18H2,1-2H3,(H,40,42)(H,44,47). The number of nitrogens with one attached hydrogen (secondary N) is 2. The maximum atomic E-state index is 14.4. The second-order valence-corrected chi connectivity index (χ2v) is 14.4. The molecule has 12 heteroatoms. The van der Waals surface area contributed by atoms with Gasteiger partial charge in [0.25, 0.3) is 11.8 Å². The van der Waals surface area contributed by atoms with Crippen LogP contribution in [0.3, 0.4) is 0 Å². The summed E-state index contributed by atoms with van der Waals surface area (Å²) in [5, 5.41) is 11.4. The molecular formula is C38H33FN6O4S. The second-order valence-electron chi connectivity index (χ2n) is 13.4. The number of thiophene rings is 1. The third-order valence-corrected chi connectivity index (χ3v) is 11.7. The minimum Gasteiger partial charge on any atom is -0.496 e. The Balaban J connectivity index is 1.22. The van der Waals surface area contributed by atoms with E-state index in [1.54, 1.807) is 25.4 Å². The Morgan fingerprint density at radius 3 is 2.78 bits per heavy atom. The molecule has 6 heterocycles. The van der Waals surface area contributed by atoms with Gasteiger partial charge in [0.05, 0.1) is 45.9 Å². The number of benzene rings is 2. The van der Waals surface area contributed by atoms with E-state index >= 15 is 0 Å². The van der Waals surface area contributed by atoms with Crippen LogP contribution in [0.5, 0.6) is 5.75 Å². The molecule has 0 bridgehead atoms. The van der Waals surface area contributed by atoms with Crippen LogP contribution in [0.15, 0.2) is 70.0 Å². The zero-order chi connectivity index (χ0) is 34.1. The van der Waals surface area contributed by atoms with Crippen LogP contribution in [0.2, 0.25) is 0 Å². The van der Waals surface area contributed by atoms with Gasteiger partial charge in [0.1, 0.15) is 17.4 Å². The Bertz CT molecular complexity index is 2380. The fourth-order valence-corrected chi connectivity index (χ4v) is 9.29. The van der Waals surface area contributed by atoms with Gasteiger partial charge in [-0.3, -0.25) is 9.78 Å². The van der Waals surface area contributed by atoms with Gasteiger partial charge >= 0.3 is 5.76 Å². The molecule has 2 aliphatic heterocycles. The first kappa shape index (κ1) is 30.7. The molecule has 10 nitrogen and oxygen atoms in total. The van der Waals surface area contributed by atoms with Gasteiger partial charge in [-0.2, -0.15) is 0 Å². The largest absolute Gasteiger partial charge is 0.496 e. The Hall–Kier alpha value is -5.36. The highest BCUT2D eigenvalue weighted by molar-refractivity contribution is 7.23. The molecular weight excluding hydrogens is 656 g/mol. The lowest BCUT2D eigenvalue weighted by Gasteiger charge is -2.27. The Kier molecular flexibility index (Phi) is 7.13. The number of hydrogen-bond acceptors (Lipinski definition) is 9. The van der Waals surface area contributed by atoms with Crippen molar-refractivity contribution in [1.29, 1.82) is 0 Å². The minimum absolute atomic E-state index is 0.0644. The van der Waals surface area contributed by atoms with Gasteiger partial charge < -0.3 is 19.4 Å². The summed E-state index contributed by atoms with van der Waals surface area (Å²) in [7, 11) is 1.70. The lowest BCUT2D eigenvalue weighted by atomic mass is 9.88. The summed E-state index contributed by atoms with van der Waals surface area (Å²) < 4.78 is 26.0. The predicted molar refractivity (Wildman–Crippen MR) is 188 cm³/mol. The Morgan fingerprint density at radius 2 is 1.98 bits per heavy atom. The third kappa shape index (κ3) is 4.76. The quantitative estimate of drug-likeness (QED) is 0.172. The number of aromatic amines is 1. The van der Waals surface area contributed by atoms with E-state index in [-0.39, 0.29) is 23.7 Å². The van der Waals surface area contributed by atoms with Crippen LogP contribution in [0.1, 0.15) is 70.7 Å². The van der Waals surface area contributed by atoms with Gasteiger partial charge in [0.15, 0.2) is 0 Å². The Labute approximate surface area is 290 Å². The van der Waals surface area contributed by atoms with Crippen molar-refractivity contribution in [3.8, 4) is 27.6 Å². The first-order chi connectivity index (χ1) is 24.3. The fraction of sp³-hybridized carbons (Fsp3) is 0.289. The lowest BCUT2D eigenvalue weighted by molar-refractivity contribution is 0.0684. The number of halogens is 1. The number of aryl methyl sites for hydroxylation is 2. The average molecular weight is 689 g/mol. The van der Waals surface area contributed by atoms with E-state index in [0.29, 0.717) is 41.8 Å². The summed E-state index contributed by atoms with van der Waals surface area (Å²) in [5.41, 5.74) is 5.86. The van der Waals surface area contributed by atoms with Gasteiger partial charge in [-0.15, -0.1) is 16.4 Å². The maximum absolute atomic E-state index is 14.4. The number of H-pyrrole nitrogens is 1. The van der Waals surface area contributed by atoms with Crippen molar-refractivity contribution in [3.63, 3.8) is 0 Å². The average Bonchev–Trinajstić information content (AvgIpc) is 3.95. The first-order valence-corrected chi connectivity index (χ1v) is 17.6. The third-order valence-electron chi connectivity index (χ3n) is 10.5. The van der Waals surface area contributed by atoms with Gasteiger partial charge in [0, 0.05) is 23.2 Å². The molecule has 2 aromatic carbocycles. The highest BCUT2D eigenvalue weighted by atomic mass is 32.1. The first-order valence-electron chi connectivity index (χ1n) is 16.8. The number of amides is 1. The van der Waals surface area contributed by atoms with E-state index in [0.717, 1.165) is 63.5 Å². The van der Waals surface area contributed by atoms with Crippen molar-refractivity contribution in [3.05, 3.63) is 111 Å². The number of fused-ring (bicyclic) bond motifs is 5. The van der Waals surface area contributed by atoms with Crippen LogP contribution in [0.25, 0.3) is 32.0 Å². The number of ether oxygens (including phenoxy) is 1. The molecule has 1 aliphatic carbocycles. The molecule has 6 aromatic rings. The monoisotopic (exact) mass is 688 g/mol. The number of carbonyl (C=O) groups excluding carboxylic acids is 1. The molecule has 9 rings (SSSR count). The molecule has 0 saturated carbocycles. The molecule has 3 aliphatic rings. The zero-order valence-corrected chi connectivity index (χ0v) is 28.3. The van der Waals surface area contributed by atoms with Gasteiger partial charge in [-0.1, -0.05) is 24.3 Å². The van der Waals surface area contributed by atoms with Crippen LogP contribution < -0.4 is 15.8 Å². The van der Waals surface area contributed by atoms with Crippen molar-refractivity contribution < 1.29 is 18.3 Å². The Morgan fingerprint density at radius 1 is 1.12 bits per heavy atom. The number of hydrogen-bond donors (Lipinski definition) is 2. The zero-order valence-electron chi connectivity index (χ0n) is 27.5. The van der Waals surface area contributed by atoms with Crippen molar-refractivity contribution >= 4 is 33.1 Å². The van der Waals surface area contributed by atoms with E-state index < -0.39 is 11.3 Å². The number of pyridine rings is 2. The highest BCUT2D eigenvalue weighted by Crippen LogP contribution is 2.53. The van der Waals surface area contributed by atoms with Crippen LogP contribution in [0.4, 0.5) is 10.2 Å². The highest BCUT2D eigenvalue weighted by Gasteiger charge is 2.52. The molecule has 50 heavy (non-hydrogen) atoms. The van der Waals surface area contributed by atoms with Crippen molar-refractivity contribution in [1.82, 2.24) is 25.1 Å². The van der Waals surface area contributed by atoms with Crippen LogP contribution in [0, 0.1) is 5.82 Å². The van der Waals surface area contributed by atoms with E-state index in [4.69, 9.17) is 19.1 Å². The van der Waals surface area contributed by atoms with E-state index in [9.17, 15) is 14.0 Å². The van der Waals surface area contributed by atoms with Gasteiger partial charge in [0.2, 0.25) is 0 Å². The van der Waals surface area contributed by atoms with Crippen molar-refractivity contribution in [2.45, 2.75) is 57.0 Å². The number of methoxy groups -OCH3 is 1. The second kappa shape index (κ2) is 11.6. The minimum atomic E-state index is -0.699. The molecule has 2 N–H and O–H groups in total. The molecule has 0 spiro atoms. The van der Waals surface area contributed by atoms with Crippen LogP contribution >= 0.6 is 11.3 Å². The lowest BCUT2D eigenvalue weighted by Crippen LogP contribution is -2.35. The summed E-state index contributed by atoms with van der Waals surface area (Å²) >= 11 is 1.54.